The second-order valence-corrected chi connectivity index (χ2v) is 4.85. The summed E-state index contributed by atoms with van der Waals surface area (Å²) in [5, 5.41) is 11.5. The van der Waals surface area contributed by atoms with Crippen LogP contribution >= 0.6 is 0 Å². The molecule has 0 spiro atoms. The summed E-state index contributed by atoms with van der Waals surface area (Å²) in [4.78, 5) is 22.6. The van der Waals surface area contributed by atoms with E-state index in [0.717, 1.165) is 0 Å². The zero-order valence-corrected chi connectivity index (χ0v) is 10.8. The molecule has 1 rings (SSSR count). The molecule has 6 nitrogen and oxygen atoms in total. The smallest absolute Gasteiger partial charge is 0.303 e. The maximum absolute atomic E-state index is 12.0. The number of carbonyl (C=O) groups excluding carboxylic acids is 1. The van der Waals surface area contributed by atoms with Gasteiger partial charge in [0, 0.05) is 26.2 Å². The van der Waals surface area contributed by atoms with E-state index in [1.807, 2.05) is 6.92 Å². The average Bonchev–Trinajstić information content (AvgIpc) is 2.34. The van der Waals surface area contributed by atoms with Gasteiger partial charge in [-0.1, -0.05) is 13.3 Å². The molecule has 0 aliphatic carbocycles. The van der Waals surface area contributed by atoms with Crippen molar-refractivity contribution in [2.45, 2.75) is 38.1 Å². The van der Waals surface area contributed by atoms with E-state index in [1.165, 1.54) is 0 Å². The lowest BCUT2D eigenvalue weighted by atomic mass is 9.90. The third-order valence-corrected chi connectivity index (χ3v) is 3.43. The monoisotopic (exact) mass is 258 g/mol. The summed E-state index contributed by atoms with van der Waals surface area (Å²) in [7, 11) is 0. The Labute approximate surface area is 107 Å². The standard InChI is InChI=1S/C12H22N2O4/c1-2-9(7-10(15)16)8-14-11(17)12(13)3-5-18-6-4-12/h9H,2-8,13H2,1H3,(H,14,17)(H,15,16). The van der Waals surface area contributed by atoms with Gasteiger partial charge in [0.15, 0.2) is 0 Å². The Morgan fingerprint density at radius 2 is 2.06 bits per heavy atom. The highest BCUT2D eigenvalue weighted by molar-refractivity contribution is 5.86. The van der Waals surface area contributed by atoms with E-state index in [2.05, 4.69) is 5.32 Å². The van der Waals surface area contributed by atoms with Crippen molar-refractivity contribution in [1.82, 2.24) is 5.32 Å². The number of nitrogens with two attached hydrogens (primary N) is 1. The highest BCUT2D eigenvalue weighted by Crippen LogP contribution is 2.18. The van der Waals surface area contributed by atoms with Crippen molar-refractivity contribution in [1.29, 1.82) is 0 Å². The lowest BCUT2D eigenvalue weighted by molar-refractivity contribution is -0.138. The first-order valence-corrected chi connectivity index (χ1v) is 6.34. The van der Waals surface area contributed by atoms with Crippen LogP contribution in [0.5, 0.6) is 0 Å². The largest absolute Gasteiger partial charge is 0.481 e. The quantitative estimate of drug-likeness (QED) is 0.627. The van der Waals surface area contributed by atoms with Crippen molar-refractivity contribution in [2.24, 2.45) is 11.7 Å². The van der Waals surface area contributed by atoms with Crippen molar-refractivity contribution in [3.63, 3.8) is 0 Å². The number of carboxylic acids is 1. The Morgan fingerprint density at radius 3 is 2.56 bits per heavy atom. The third kappa shape index (κ3) is 4.27. The number of hydrogen-bond acceptors (Lipinski definition) is 4. The zero-order chi connectivity index (χ0) is 13.6. The van der Waals surface area contributed by atoms with E-state index in [4.69, 9.17) is 15.6 Å². The second-order valence-electron chi connectivity index (χ2n) is 4.85. The van der Waals surface area contributed by atoms with Crippen molar-refractivity contribution >= 4 is 11.9 Å². The van der Waals surface area contributed by atoms with Gasteiger partial charge in [-0.3, -0.25) is 9.59 Å². The van der Waals surface area contributed by atoms with Crippen LogP contribution in [0.3, 0.4) is 0 Å². The molecule has 104 valence electrons. The Kier molecular flexibility index (Phi) is 5.55. The number of hydrogen-bond donors (Lipinski definition) is 3. The number of rotatable bonds is 6. The van der Waals surface area contributed by atoms with E-state index in [0.29, 0.717) is 39.0 Å². The van der Waals surface area contributed by atoms with Gasteiger partial charge in [0.2, 0.25) is 5.91 Å². The molecule has 0 radical (unpaired) electrons. The van der Waals surface area contributed by atoms with Crippen LogP contribution in [0.25, 0.3) is 0 Å². The summed E-state index contributed by atoms with van der Waals surface area (Å²) >= 11 is 0. The molecule has 0 aromatic heterocycles. The van der Waals surface area contributed by atoms with Crippen LogP contribution in [0.4, 0.5) is 0 Å². The van der Waals surface area contributed by atoms with Crippen molar-refractivity contribution in [3.05, 3.63) is 0 Å². The molecular weight excluding hydrogens is 236 g/mol. The highest BCUT2D eigenvalue weighted by atomic mass is 16.5. The van der Waals surface area contributed by atoms with Gasteiger partial charge in [0.25, 0.3) is 0 Å². The summed E-state index contributed by atoms with van der Waals surface area (Å²) in [5.41, 5.74) is 5.16. The second kappa shape index (κ2) is 6.70. The number of carboxylic acid groups (broad SMARTS) is 1. The molecule has 0 aromatic rings. The topological polar surface area (TPSA) is 102 Å². The van der Waals surface area contributed by atoms with Crippen LogP contribution in [0.2, 0.25) is 0 Å². The Bertz CT molecular complexity index is 300. The third-order valence-electron chi connectivity index (χ3n) is 3.43. The van der Waals surface area contributed by atoms with Gasteiger partial charge in [-0.2, -0.15) is 0 Å². The van der Waals surface area contributed by atoms with Crippen molar-refractivity contribution < 1.29 is 19.4 Å². The minimum absolute atomic E-state index is 0.0464. The molecule has 1 amide bonds. The lowest BCUT2D eigenvalue weighted by Gasteiger charge is -2.32. The van der Waals surface area contributed by atoms with Gasteiger partial charge >= 0.3 is 5.97 Å². The van der Waals surface area contributed by atoms with Crippen LogP contribution in [-0.4, -0.2) is 42.3 Å². The molecule has 1 fully saturated rings. The van der Waals surface area contributed by atoms with Crippen LogP contribution in [0.1, 0.15) is 32.6 Å². The van der Waals surface area contributed by atoms with E-state index < -0.39 is 11.5 Å². The molecule has 18 heavy (non-hydrogen) atoms. The number of ether oxygens (including phenoxy) is 1. The fourth-order valence-corrected chi connectivity index (χ4v) is 1.98. The van der Waals surface area contributed by atoms with E-state index in [9.17, 15) is 9.59 Å². The molecule has 4 N–H and O–H groups in total. The SMILES string of the molecule is CCC(CNC(=O)C1(N)CCOCC1)CC(=O)O. The zero-order valence-electron chi connectivity index (χ0n) is 10.8. The fraction of sp³-hybridized carbons (Fsp3) is 0.833. The van der Waals surface area contributed by atoms with E-state index in [1.54, 1.807) is 0 Å². The first-order chi connectivity index (χ1) is 8.48. The maximum Gasteiger partial charge on any atom is 0.303 e. The lowest BCUT2D eigenvalue weighted by Crippen LogP contribution is -2.57. The minimum Gasteiger partial charge on any atom is -0.481 e. The van der Waals surface area contributed by atoms with Gasteiger partial charge < -0.3 is 20.9 Å². The summed E-state index contributed by atoms with van der Waals surface area (Å²) in [6.07, 6.45) is 1.80. The Hall–Kier alpha value is -1.14. The van der Waals surface area contributed by atoms with Crippen LogP contribution < -0.4 is 11.1 Å². The van der Waals surface area contributed by atoms with Gasteiger partial charge in [0.05, 0.1) is 5.54 Å². The van der Waals surface area contributed by atoms with Gasteiger partial charge in [-0.25, -0.2) is 0 Å². The van der Waals surface area contributed by atoms with Crippen LogP contribution in [-0.2, 0) is 14.3 Å². The maximum atomic E-state index is 12.0. The molecule has 1 heterocycles. The number of amides is 1. The molecule has 0 bridgehead atoms. The highest BCUT2D eigenvalue weighted by Gasteiger charge is 2.35. The van der Waals surface area contributed by atoms with E-state index >= 15 is 0 Å². The molecule has 1 unspecified atom stereocenters. The molecule has 1 aliphatic heterocycles. The predicted octanol–water partition coefficient (Wildman–Crippen LogP) is 0.111. The Balaban J connectivity index is 2.41. The molecular formula is C12H22N2O4. The molecule has 0 aromatic carbocycles. The average molecular weight is 258 g/mol. The summed E-state index contributed by atoms with van der Waals surface area (Å²) in [6.45, 7) is 3.26. The first kappa shape index (κ1) is 14.9. The van der Waals surface area contributed by atoms with E-state index in [-0.39, 0.29) is 18.2 Å². The van der Waals surface area contributed by atoms with Gasteiger partial charge in [-0.05, 0) is 18.8 Å². The van der Waals surface area contributed by atoms with Gasteiger partial charge in [-0.15, -0.1) is 0 Å². The summed E-state index contributed by atoms with van der Waals surface area (Å²) in [6, 6.07) is 0. The number of nitrogens with one attached hydrogen (secondary N) is 1. The Morgan fingerprint density at radius 1 is 1.44 bits per heavy atom. The normalized spacial score (nSPS) is 20.1. The minimum atomic E-state index is -0.861. The van der Waals surface area contributed by atoms with Gasteiger partial charge in [0.1, 0.15) is 0 Å². The molecule has 1 aliphatic rings. The molecule has 6 heteroatoms. The summed E-state index contributed by atoms with van der Waals surface area (Å²) < 4.78 is 5.18. The molecule has 1 atom stereocenters. The fourth-order valence-electron chi connectivity index (χ4n) is 1.98. The number of aliphatic carboxylic acids is 1. The first-order valence-electron chi connectivity index (χ1n) is 6.34. The number of carbonyl (C=O) groups is 2. The molecule has 1 saturated heterocycles. The summed E-state index contributed by atoms with van der Waals surface area (Å²) in [5.74, 6) is -1.09. The van der Waals surface area contributed by atoms with Crippen molar-refractivity contribution in [3.8, 4) is 0 Å². The van der Waals surface area contributed by atoms with Crippen molar-refractivity contribution in [2.75, 3.05) is 19.8 Å². The van der Waals surface area contributed by atoms with Crippen LogP contribution in [0, 0.1) is 5.92 Å². The predicted molar refractivity (Wildman–Crippen MR) is 66.0 cm³/mol. The molecule has 0 saturated carbocycles. The van der Waals surface area contributed by atoms with Crippen LogP contribution in [0.15, 0.2) is 0 Å².